The second-order valence-corrected chi connectivity index (χ2v) is 7.57. The summed E-state index contributed by atoms with van der Waals surface area (Å²) in [5.74, 6) is -0.542. The Morgan fingerprint density at radius 1 is 1.09 bits per heavy atom. The summed E-state index contributed by atoms with van der Waals surface area (Å²) in [6.07, 6.45) is 0. The van der Waals surface area contributed by atoms with Crippen LogP contribution in [0.5, 0.6) is 17.2 Å². The molecule has 0 aromatic heterocycles. The Hall–Kier alpha value is -3.33. The number of amides is 1. The van der Waals surface area contributed by atoms with Crippen LogP contribution < -0.4 is 19.5 Å². The Bertz CT molecular complexity index is 970. The average Bonchev–Trinajstić information content (AvgIpc) is 2.79. The number of methoxy groups -OCH3 is 2. The van der Waals surface area contributed by atoms with Gasteiger partial charge >= 0.3 is 5.97 Å². The van der Waals surface area contributed by atoms with Gasteiger partial charge in [-0.05, 0) is 30.2 Å². The third-order valence-corrected chi connectivity index (χ3v) is 4.94. The molecule has 0 saturated heterocycles. The molecule has 0 unspecified atom stereocenters. The predicted molar refractivity (Wildman–Crippen MR) is 112 cm³/mol. The molecule has 0 fully saturated rings. The van der Waals surface area contributed by atoms with E-state index in [1.807, 2.05) is 0 Å². The number of carbonyl (C=O) groups excluding carboxylic acids is 2. The van der Waals surface area contributed by atoms with Crippen molar-refractivity contribution in [3.63, 3.8) is 0 Å². The first-order chi connectivity index (χ1) is 15.3. The molecule has 1 N–H and O–H groups in total. The monoisotopic (exact) mass is 447 g/mol. The number of hydrogen-bond donors (Lipinski definition) is 1. The van der Waals surface area contributed by atoms with Crippen molar-refractivity contribution in [3.05, 3.63) is 52.8 Å². The molecule has 8 nitrogen and oxygen atoms in total. The van der Waals surface area contributed by atoms with Crippen molar-refractivity contribution in [1.29, 1.82) is 0 Å². The summed E-state index contributed by atoms with van der Waals surface area (Å²) in [5.41, 5.74) is 1.21. The number of ether oxygens (including phenoxy) is 5. The largest absolute Gasteiger partial charge is 0.497 e. The Morgan fingerprint density at radius 3 is 2.41 bits per heavy atom. The van der Waals surface area contributed by atoms with Gasteiger partial charge in [-0.2, -0.15) is 0 Å². The summed E-state index contributed by atoms with van der Waals surface area (Å²) >= 11 is 0. The molecule has 2 aromatic carbocycles. The van der Waals surface area contributed by atoms with Gasteiger partial charge < -0.3 is 29.0 Å². The minimum Gasteiger partial charge on any atom is -0.497 e. The van der Waals surface area contributed by atoms with Gasteiger partial charge in [0.2, 0.25) is 0 Å². The van der Waals surface area contributed by atoms with Gasteiger partial charge in [0.1, 0.15) is 35.7 Å². The van der Waals surface area contributed by atoms with E-state index in [1.165, 1.54) is 26.4 Å². The van der Waals surface area contributed by atoms with E-state index in [9.17, 15) is 14.0 Å². The van der Waals surface area contributed by atoms with Crippen LogP contribution in [0.25, 0.3) is 0 Å². The molecule has 0 aliphatic carbocycles. The van der Waals surface area contributed by atoms with Crippen LogP contribution in [0.2, 0.25) is 0 Å². The first kappa shape index (κ1) is 23.3. The fourth-order valence-electron chi connectivity index (χ4n) is 3.26. The number of fused-ring (bicyclic) bond motifs is 1. The molecule has 1 atom stereocenters. The summed E-state index contributed by atoms with van der Waals surface area (Å²) < 4.78 is 40.3. The van der Waals surface area contributed by atoms with E-state index in [1.54, 1.807) is 32.0 Å². The summed E-state index contributed by atoms with van der Waals surface area (Å²) in [4.78, 5) is 25.6. The minimum absolute atomic E-state index is 0.0360. The molecule has 2 aromatic rings. The molecule has 1 aliphatic heterocycles. The van der Waals surface area contributed by atoms with Crippen molar-refractivity contribution >= 4 is 11.9 Å². The number of halogens is 1. The highest BCUT2D eigenvalue weighted by Crippen LogP contribution is 2.30. The van der Waals surface area contributed by atoms with E-state index in [4.69, 9.17) is 23.7 Å². The molecule has 1 aliphatic rings. The smallest absolute Gasteiger partial charge is 0.329 e. The summed E-state index contributed by atoms with van der Waals surface area (Å²) in [5, 5.41) is 2.70. The highest BCUT2D eigenvalue weighted by molar-refractivity contribution is 5.97. The molecular formula is C23H26FNO7. The second kappa shape index (κ2) is 10.3. The van der Waals surface area contributed by atoms with Crippen LogP contribution in [0.3, 0.4) is 0 Å². The standard InChI is InChI=1S/C23H26FNO7/c1-13(2)20(25-22(26)14-7-18(28-3)9-19(8-14)29-4)23(27)31-11-16-6-17(24)5-15-10-30-12-32-21(15)16/h5-9,13,20H,10-12H2,1-4H3,(H,25,26)/t20-/m0/s1. The molecule has 1 heterocycles. The van der Waals surface area contributed by atoms with Crippen LogP contribution in [0.1, 0.15) is 35.3 Å². The number of benzene rings is 2. The van der Waals surface area contributed by atoms with Gasteiger partial charge in [0.15, 0.2) is 6.79 Å². The average molecular weight is 447 g/mol. The molecular weight excluding hydrogens is 421 g/mol. The minimum atomic E-state index is -0.923. The van der Waals surface area contributed by atoms with Crippen molar-refractivity contribution in [2.24, 2.45) is 5.92 Å². The van der Waals surface area contributed by atoms with Crippen LogP contribution in [-0.2, 0) is 27.5 Å². The van der Waals surface area contributed by atoms with Crippen molar-refractivity contribution in [2.45, 2.75) is 33.1 Å². The molecule has 0 bridgehead atoms. The molecule has 0 saturated carbocycles. The first-order valence-corrected chi connectivity index (χ1v) is 10.0. The fourth-order valence-corrected chi connectivity index (χ4v) is 3.26. The van der Waals surface area contributed by atoms with Crippen molar-refractivity contribution in [3.8, 4) is 17.2 Å². The Kier molecular flexibility index (Phi) is 7.53. The highest BCUT2D eigenvalue weighted by Gasteiger charge is 2.27. The Balaban J connectivity index is 1.72. The third kappa shape index (κ3) is 5.47. The van der Waals surface area contributed by atoms with Crippen LogP contribution in [0, 0.1) is 11.7 Å². The molecule has 32 heavy (non-hydrogen) atoms. The predicted octanol–water partition coefficient (Wildman–Crippen LogP) is 3.21. The first-order valence-electron chi connectivity index (χ1n) is 10.0. The van der Waals surface area contributed by atoms with E-state index >= 15 is 0 Å². The van der Waals surface area contributed by atoms with E-state index in [0.717, 1.165) is 0 Å². The lowest BCUT2D eigenvalue weighted by Crippen LogP contribution is -2.45. The zero-order chi connectivity index (χ0) is 23.3. The Labute approximate surface area is 185 Å². The van der Waals surface area contributed by atoms with Gasteiger partial charge in [0.05, 0.1) is 20.8 Å². The van der Waals surface area contributed by atoms with Gasteiger partial charge in [-0.3, -0.25) is 4.79 Å². The zero-order valence-electron chi connectivity index (χ0n) is 18.4. The summed E-state index contributed by atoms with van der Waals surface area (Å²) in [7, 11) is 2.96. The maximum absolute atomic E-state index is 13.9. The second-order valence-electron chi connectivity index (χ2n) is 7.57. The van der Waals surface area contributed by atoms with E-state index < -0.39 is 23.7 Å². The number of rotatable bonds is 8. The van der Waals surface area contributed by atoms with Crippen LogP contribution in [-0.4, -0.2) is 38.9 Å². The molecule has 0 radical (unpaired) electrons. The third-order valence-electron chi connectivity index (χ3n) is 4.94. The van der Waals surface area contributed by atoms with E-state index in [2.05, 4.69) is 5.32 Å². The van der Waals surface area contributed by atoms with Crippen LogP contribution >= 0.6 is 0 Å². The van der Waals surface area contributed by atoms with Crippen molar-refractivity contribution < 1.29 is 37.7 Å². The molecule has 3 rings (SSSR count). The number of nitrogens with one attached hydrogen (secondary N) is 1. The van der Waals surface area contributed by atoms with Gasteiger partial charge in [-0.15, -0.1) is 0 Å². The quantitative estimate of drug-likeness (QED) is 0.621. The number of hydrogen-bond acceptors (Lipinski definition) is 7. The Morgan fingerprint density at radius 2 is 1.78 bits per heavy atom. The maximum Gasteiger partial charge on any atom is 0.329 e. The fraction of sp³-hybridized carbons (Fsp3) is 0.391. The lowest BCUT2D eigenvalue weighted by atomic mass is 10.0. The maximum atomic E-state index is 13.9. The number of esters is 1. The normalized spacial score (nSPS) is 13.6. The molecule has 9 heteroatoms. The van der Waals surface area contributed by atoms with Gasteiger partial charge in [0, 0.05) is 22.8 Å². The highest BCUT2D eigenvalue weighted by atomic mass is 19.1. The lowest BCUT2D eigenvalue weighted by Gasteiger charge is -2.23. The van der Waals surface area contributed by atoms with Gasteiger partial charge in [-0.25, -0.2) is 9.18 Å². The topological polar surface area (TPSA) is 92.3 Å². The van der Waals surface area contributed by atoms with Crippen molar-refractivity contribution in [2.75, 3.05) is 21.0 Å². The summed E-state index contributed by atoms with van der Waals surface area (Å²) in [6, 6.07) is 6.37. The molecule has 1 amide bonds. The SMILES string of the molecule is COc1cc(OC)cc(C(=O)N[C@H](C(=O)OCc2cc(F)cc3c2OCOC3)C(C)C)c1. The zero-order valence-corrected chi connectivity index (χ0v) is 18.4. The summed E-state index contributed by atoms with van der Waals surface area (Å²) in [6.45, 7) is 3.60. The molecule has 172 valence electrons. The van der Waals surface area contributed by atoms with E-state index in [0.29, 0.717) is 28.4 Å². The van der Waals surface area contributed by atoms with Gasteiger partial charge in [0.25, 0.3) is 5.91 Å². The molecule has 0 spiro atoms. The van der Waals surface area contributed by atoms with Gasteiger partial charge in [-0.1, -0.05) is 13.8 Å². The lowest BCUT2D eigenvalue weighted by molar-refractivity contribution is -0.148. The van der Waals surface area contributed by atoms with Crippen molar-refractivity contribution in [1.82, 2.24) is 5.32 Å². The number of carbonyl (C=O) groups is 2. The van der Waals surface area contributed by atoms with Crippen LogP contribution in [0.4, 0.5) is 4.39 Å². The van der Waals surface area contributed by atoms with Crippen LogP contribution in [0.15, 0.2) is 30.3 Å². The van der Waals surface area contributed by atoms with E-state index in [-0.39, 0.29) is 31.5 Å².